The Balaban J connectivity index is 1.20. The van der Waals surface area contributed by atoms with E-state index in [0.717, 1.165) is 12.6 Å². The number of fused-ring (bicyclic) bond motifs is 2. The van der Waals surface area contributed by atoms with Gasteiger partial charge in [-0.2, -0.15) is 13.2 Å². The molecule has 188 valence electrons. The van der Waals surface area contributed by atoms with Gasteiger partial charge in [-0.15, -0.1) is 0 Å². The standard InChI is InChI=1S/C22H30F3N5O4/c1-33-17-12-34-7-4-16(17)27-13-2-5-21(32,9-13)20(31)30-11-14-8-15(30)10-29(14)18-3-6-26-19(28-18)22(23,24)25/h3,6,13-17,27,32H,2,4-5,7-12H2,1H3/t13-,14+,15+,16+,17-,21-/m1/s1. The minimum Gasteiger partial charge on any atom is -0.380 e. The summed E-state index contributed by atoms with van der Waals surface area (Å²) in [6, 6.07) is 1.30. The number of anilines is 1. The van der Waals surface area contributed by atoms with Crippen LogP contribution in [0.1, 0.15) is 37.9 Å². The second kappa shape index (κ2) is 8.89. The average Bonchev–Trinajstić information content (AvgIpc) is 3.53. The normalized spacial score (nSPS) is 35.9. The van der Waals surface area contributed by atoms with Gasteiger partial charge in [0.05, 0.1) is 24.8 Å². The summed E-state index contributed by atoms with van der Waals surface area (Å²) >= 11 is 0. The number of alkyl halides is 3. The molecule has 2 N–H and O–H groups in total. The molecule has 9 nitrogen and oxygen atoms in total. The molecule has 6 atom stereocenters. The zero-order valence-electron chi connectivity index (χ0n) is 19.0. The van der Waals surface area contributed by atoms with Crippen molar-refractivity contribution in [2.75, 3.05) is 38.3 Å². The molecule has 0 unspecified atom stereocenters. The van der Waals surface area contributed by atoms with Crippen molar-refractivity contribution in [2.45, 2.75) is 74.2 Å². The van der Waals surface area contributed by atoms with Crippen molar-refractivity contribution >= 4 is 11.7 Å². The van der Waals surface area contributed by atoms with Gasteiger partial charge >= 0.3 is 6.18 Å². The topological polar surface area (TPSA) is 100 Å². The van der Waals surface area contributed by atoms with Crippen LogP contribution in [0.25, 0.3) is 0 Å². The predicted molar refractivity (Wildman–Crippen MR) is 114 cm³/mol. The van der Waals surface area contributed by atoms with Crippen LogP contribution in [-0.2, 0) is 20.4 Å². The van der Waals surface area contributed by atoms with Crippen molar-refractivity contribution in [2.24, 2.45) is 0 Å². The second-order valence-corrected chi connectivity index (χ2v) is 9.77. The fourth-order valence-electron chi connectivity index (χ4n) is 5.91. The Morgan fingerprint density at radius 3 is 2.85 bits per heavy atom. The summed E-state index contributed by atoms with van der Waals surface area (Å²) in [4.78, 5) is 23.9. The van der Waals surface area contributed by atoms with E-state index in [9.17, 15) is 23.1 Å². The number of amides is 1. The number of halogens is 3. The van der Waals surface area contributed by atoms with Gasteiger partial charge in [-0.05, 0) is 31.7 Å². The van der Waals surface area contributed by atoms with Gasteiger partial charge < -0.3 is 29.7 Å². The van der Waals surface area contributed by atoms with Crippen LogP contribution in [0.3, 0.4) is 0 Å². The van der Waals surface area contributed by atoms with Crippen LogP contribution < -0.4 is 10.2 Å². The molecule has 1 amide bonds. The maximum absolute atomic E-state index is 13.4. The molecule has 34 heavy (non-hydrogen) atoms. The van der Waals surface area contributed by atoms with Gasteiger partial charge in [0, 0.05) is 51.5 Å². The Kier molecular flexibility index (Phi) is 6.20. The smallest absolute Gasteiger partial charge is 0.380 e. The number of hydrogen-bond acceptors (Lipinski definition) is 8. The van der Waals surface area contributed by atoms with Crippen molar-refractivity contribution in [3.8, 4) is 0 Å². The number of methoxy groups -OCH3 is 1. The fourth-order valence-corrected chi connectivity index (χ4v) is 5.91. The Hall–Kier alpha value is -2.02. The summed E-state index contributed by atoms with van der Waals surface area (Å²) in [5.74, 6) is -1.23. The third-order valence-corrected chi connectivity index (χ3v) is 7.64. The first-order valence-electron chi connectivity index (χ1n) is 11.7. The number of hydrogen-bond donors (Lipinski definition) is 2. The molecule has 1 saturated carbocycles. The van der Waals surface area contributed by atoms with Gasteiger partial charge in [0.2, 0.25) is 5.82 Å². The molecule has 0 spiro atoms. The number of aromatic nitrogens is 2. The van der Waals surface area contributed by atoms with Crippen LogP contribution in [0.4, 0.5) is 19.0 Å². The fraction of sp³-hybridized carbons (Fsp3) is 0.773. The quantitative estimate of drug-likeness (QED) is 0.637. The summed E-state index contributed by atoms with van der Waals surface area (Å²) in [5, 5.41) is 14.8. The van der Waals surface area contributed by atoms with Crippen LogP contribution in [-0.4, -0.2) is 95.2 Å². The molecule has 2 bridgehead atoms. The van der Waals surface area contributed by atoms with E-state index in [1.807, 2.05) is 4.90 Å². The van der Waals surface area contributed by atoms with Gasteiger partial charge in [0.15, 0.2) is 0 Å². The zero-order chi connectivity index (χ0) is 24.1. The monoisotopic (exact) mass is 485 g/mol. The van der Waals surface area contributed by atoms with E-state index in [-0.39, 0.29) is 42.0 Å². The van der Waals surface area contributed by atoms with E-state index in [1.165, 1.54) is 6.07 Å². The number of carbonyl (C=O) groups excluding carboxylic acids is 1. The number of rotatable bonds is 5. The first kappa shape index (κ1) is 23.7. The minimum atomic E-state index is -4.61. The predicted octanol–water partition coefficient (Wildman–Crippen LogP) is 0.962. The second-order valence-electron chi connectivity index (χ2n) is 9.77. The number of piperazine rings is 1. The summed E-state index contributed by atoms with van der Waals surface area (Å²) in [7, 11) is 1.65. The van der Waals surface area contributed by atoms with Crippen LogP contribution in [0, 0.1) is 0 Å². The lowest BCUT2D eigenvalue weighted by Crippen LogP contribution is -2.56. The highest BCUT2D eigenvalue weighted by atomic mass is 19.4. The van der Waals surface area contributed by atoms with Gasteiger partial charge in [0.1, 0.15) is 11.4 Å². The van der Waals surface area contributed by atoms with Gasteiger partial charge in [-0.1, -0.05) is 0 Å². The molecule has 1 aromatic heterocycles. The lowest BCUT2D eigenvalue weighted by Gasteiger charge is -2.38. The summed E-state index contributed by atoms with van der Waals surface area (Å²) in [6.45, 7) is 1.92. The lowest BCUT2D eigenvalue weighted by atomic mass is 9.98. The third kappa shape index (κ3) is 4.36. The Morgan fingerprint density at radius 2 is 2.15 bits per heavy atom. The lowest BCUT2D eigenvalue weighted by molar-refractivity contribution is -0.152. The van der Waals surface area contributed by atoms with Gasteiger partial charge in [-0.25, -0.2) is 9.97 Å². The molecule has 0 aromatic carbocycles. The number of nitrogens with zero attached hydrogens (tertiary/aromatic N) is 4. The summed E-state index contributed by atoms with van der Waals surface area (Å²) in [6.07, 6.45) is -0.703. The average molecular weight is 486 g/mol. The maximum Gasteiger partial charge on any atom is 0.451 e. The molecule has 1 aliphatic carbocycles. The van der Waals surface area contributed by atoms with Crippen LogP contribution in [0.5, 0.6) is 0 Å². The van der Waals surface area contributed by atoms with Crippen LogP contribution >= 0.6 is 0 Å². The zero-order valence-corrected chi connectivity index (χ0v) is 19.0. The molecule has 12 heteroatoms. The molecular formula is C22H30F3N5O4. The highest BCUT2D eigenvalue weighted by molar-refractivity contribution is 5.86. The summed E-state index contributed by atoms with van der Waals surface area (Å²) < 4.78 is 50.0. The van der Waals surface area contributed by atoms with Crippen molar-refractivity contribution in [1.29, 1.82) is 0 Å². The number of nitrogens with one attached hydrogen (secondary N) is 1. The number of likely N-dealkylation sites (tertiary alicyclic amines) is 1. The molecule has 4 aliphatic rings. The van der Waals surface area contributed by atoms with Gasteiger partial charge in [0.25, 0.3) is 5.91 Å². The van der Waals surface area contributed by atoms with Crippen molar-refractivity contribution in [3.63, 3.8) is 0 Å². The van der Waals surface area contributed by atoms with E-state index in [2.05, 4.69) is 15.3 Å². The molecule has 0 radical (unpaired) electrons. The molecule has 5 rings (SSSR count). The van der Waals surface area contributed by atoms with E-state index >= 15 is 0 Å². The first-order chi connectivity index (χ1) is 16.2. The van der Waals surface area contributed by atoms with Crippen molar-refractivity contribution in [1.82, 2.24) is 20.2 Å². The highest BCUT2D eigenvalue weighted by Crippen LogP contribution is 2.39. The van der Waals surface area contributed by atoms with Crippen LogP contribution in [0.15, 0.2) is 12.3 Å². The molecule has 3 aliphatic heterocycles. The third-order valence-electron chi connectivity index (χ3n) is 7.64. The Morgan fingerprint density at radius 1 is 1.32 bits per heavy atom. The maximum atomic E-state index is 13.4. The largest absolute Gasteiger partial charge is 0.451 e. The molecular weight excluding hydrogens is 455 g/mol. The van der Waals surface area contributed by atoms with Crippen molar-refractivity contribution in [3.05, 3.63) is 18.1 Å². The Bertz CT molecular complexity index is 921. The van der Waals surface area contributed by atoms with E-state index in [4.69, 9.17) is 9.47 Å². The summed E-state index contributed by atoms with van der Waals surface area (Å²) in [5.41, 5.74) is -1.43. The minimum absolute atomic E-state index is 0.00722. The molecule has 4 fully saturated rings. The number of ether oxygens (including phenoxy) is 2. The van der Waals surface area contributed by atoms with E-state index in [0.29, 0.717) is 52.0 Å². The van der Waals surface area contributed by atoms with Crippen LogP contribution in [0.2, 0.25) is 0 Å². The number of aliphatic hydroxyl groups is 1. The highest BCUT2D eigenvalue weighted by Gasteiger charge is 2.53. The van der Waals surface area contributed by atoms with E-state index < -0.39 is 17.6 Å². The van der Waals surface area contributed by atoms with Gasteiger partial charge in [-0.3, -0.25) is 4.79 Å². The van der Waals surface area contributed by atoms with E-state index in [1.54, 1.807) is 12.0 Å². The SMILES string of the molecule is CO[C@@H]1COCC[C@@H]1N[C@@H]1CC[C@](O)(C(=O)N2C[C@@H]3C[C@H]2CN3c2ccnc(C(F)(F)F)n2)C1. The first-order valence-corrected chi connectivity index (χ1v) is 11.7. The van der Waals surface area contributed by atoms with Crippen molar-refractivity contribution < 1.29 is 32.5 Å². The molecule has 1 aromatic rings. The molecule has 4 heterocycles. The molecule has 3 saturated heterocycles. The number of carbonyl (C=O) groups is 1. The Labute approximate surface area is 195 Å².